The van der Waals surface area contributed by atoms with E-state index in [-0.39, 0.29) is 6.54 Å². The van der Waals surface area contributed by atoms with Gasteiger partial charge in [-0.05, 0) is 31.2 Å². The molecule has 1 N–H and O–H groups in total. The van der Waals surface area contributed by atoms with Crippen LogP contribution < -0.4 is 9.64 Å². The van der Waals surface area contributed by atoms with E-state index in [1.165, 1.54) is 0 Å². The summed E-state index contributed by atoms with van der Waals surface area (Å²) in [6.07, 6.45) is 0. The maximum atomic E-state index is 11.0. The van der Waals surface area contributed by atoms with Gasteiger partial charge in [-0.25, -0.2) is 0 Å². The third kappa shape index (κ3) is 4.84. The van der Waals surface area contributed by atoms with Gasteiger partial charge in [-0.1, -0.05) is 35.9 Å². The van der Waals surface area contributed by atoms with E-state index >= 15 is 0 Å². The van der Waals surface area contributed by atoms with Gasteiger partial charge in [0.1, 0.15) is 18.9 Å². The minimum atomic E-state index is -0.852. The van der Waals surface area contributed by atoms with Gasteiger partial charge in [0, 0.05) is 5.69 Å². The van der Waals surface area contributed by atoms with Crippen LogP contribution in [-0.4, -0.2) is 30.8 Å². The average molecular weight is 285 g/mol. The SMILES string of the molecule is Cc1ccc(N(CCOc2ccccc2)CC(=O)O)cc1. The zero-order chi connectivity index (χ0) is 15.1. The Morgan fingerprint density at radius 3 is 2.38 bits per heavy atom. The van der Waals surface area contributed by atoms with Crippen molar-refractivity contribution in [3.8, 4) is 5.75 Å². The normalized spacial score (nSPS) is 10.1. The molecule has 4 heteroatoms. The lowest BCUT2D eigenvalue weighted by Gasteiger charge is -2.23. The van der Waals surface area contributed by atoms with E-state index in [0.717, 1.165) is 17.0 Å². The zero-order valence-electron chi connectivity index (χ0n) is 12.0. The smallest absolute Gasteiger partial charge is 0.323 e. The molecule has 0 saturated heterocycles. The number of anilines is 1. The second-order valence-corrected chi connectivity index (χ2v) is 4.81. The summed E-state index contributed by atoms with van der Waals surface area (Å²) in [5.74, 6) is -0.0630. The summed E-state index contributed by atoms with van der Waals surface area (Å²) in [5, 5.41) is 9.03. The number of hydrogen-bond acceptors (Lipinski definition) is 3. The van der Waals surface area contributed by atoms with Gasteiger partial charge in [-0.3, -0.25) is 4.79 Å². The van der Waals surface area contributed by atoms with Gasteiger partial charge < -0.3 is 14.7 Å². The molecule has 0 heterocycles. The van der Waals surface area contributed by atoms with Gasteiger partial charge in [0.25, 0.3) is 0 Å². The van der Waals surface area contributed by atoms with Gasteiger partial charge in [0.2, 0.25) is 0 Å². The molecule has 2 aromatic rings. The van der Waals surface area contributed by atoms with Crippen molar-refractivity contribution in [2.75, 3.05) is 24.6 Å². The Morgan fingerprint density at radius 1 is 1.10 bits per heavy atom. The molecule has 0 unspecified atom stereocenters. The highest BCUT2D eigenvalue weighted by molar-refractivity contribution is 5.73. The Labute approximate surface area is 124 Å². The van der Waals surface area contributed by atoms with Crippen LogP contribution in [0.2, 0.25) is 0 Å². The molecule has 0 radical (unpaired) electrons. The third-order valence-electron chi connectivity index (χ3n) is 3.10. The first kappa shape index (κ1) is 14.9. The zero-order valence-corrected chi connectivity index (χ0v) is 12.0. The molecule has 0 spiro atoms. The molecule has 0 fully saturated rings. The predicted octanol–water partition coefficient (Wildman–Crippen LogP) is 2.97. The second-order valence-electron chi connectivity index (χ2n) is 4.81. The van der Waals surface area contributed by atoms with E-state index < -0.39 is 5.97 Å². The number of aryl methyl sites for hydroxylation is 1. The highest BCUT2D eigenvalue weighted by Crippen LogP contribution is 2.15. The van der Waals surface area contributed by atoms with Gasteiger partial charge in [0.05, 0.1) is 6.54 Å². The van der Waals surface area contributed by atoms with Crippen LogP contribution in [0, 0.1) is 6.92 Å². The molecule has 0 aromatic heterocycles. The van der Waals surface area contributed by atoms with Crippen LogP contribution in [0.4, 0.5) is 5.69 Å². The summed E-state index contributed by atoms with van der Waals surface area (Å²) >= 11 is 0. The standard InChI is InChI=1S/C17H19NO3/c1-14-7-9-15(10-8-14)18(13-17(19)20)11-12-21-16-5-3-2-4-6-16/h2-10H,11-13H2,1H3,(H,19,20). The van der Waals surface area contributed by atoms with Crippen molar-refractivity contribution in [1.82, 2.24) is 0 Å². The summed E-state index contributed by atoms with van der Waals surface area (Å²) < 4.78 is 5.63. The molecule has 2 aromatic carbocycles. The van der Waals surface area contributed by atoms with Crippen molar-refractivity contribution in [2.45, 2.75) is 6.92 Å². The van der Waals surface area contributed by atoms with Crippen LogP contribution in [0.3, 0.4) is 0 Å². The van der Waals surface area contributed by atoms with Crippen molar-refractivity contribution >= 4 is 11.7 Å². The number of ether oxygens (including phenoxy) is 1. The number of carboxylic acids is 1. The van der Waals surface area contributed by atoms with E-state index in [4.69, 9.17) is 9.84 Å². The number of para-hydroxylation sites is 1. The molecule has 21 heavy (non-hydrogen) atoms. The van der Waals surface area contributed by atoms with Gasteiger partial charge in [0.15, 0.2) is 0 Å². The topological polar surface area (TPSA) is 49.8 Å². The lowest BCUT2D eigenvalue weighted by molar-refractivity contribution is -0.135. The Hall–Kier alpha value is -2.49. The monoisotopic (exact) mass is 285 g/mol. The van der Waals surface area contributed by atoms with Gasteiger partial charge in [-0.2, -0.15) is 0 Å². The maximum absolute atomic E-state index is 11.0. The highest BCUT2D eigenvalue weighted by Gasteiger charge is 2.10. The van der Waals surface area contributed by atoms with Gasteiger partial charge in [-0.15, -0.1) is 0 Å². The van der Waals surface area contributed by atoms with Gasteiger partial charge >= 0.3 is 5.97 Å². The fraction of sp³-hybridized carbons (Fsp3) is 0.235. The first-order chi connectivity index (χ1) is 10.1. The molecule has 0 amide bonds. The number of carbonyl (C=O) groups is 1. The third-order valence-corrected chi connectivity index (χ3v) is 3.10. The predicted molar refractivity (Wildman–Crippen MR) is 83.0 cm³/mol. The summed E-state index contributed by atoms with van der Waals surface area (Å²) in [6.45, 7) is 2.92. The van der Waals surface area contributed by atoms with Crippen molar-refractivity contribution in [1.29, 1.82) is 0 Å². The summed E-state index contributed by atoms with van der Waals surface area (Å²) in [6, 6.07) is 17.3. The van der Waals surface area contributed by atoms with Crippen LogP contribution >= 0.6 is 0 Å². The fourth-order valence-electron chi connectivity index (χ4n) is 2.01. The van der Waals surface area contributed by atoms with Crippen molar-refractivity contribution in [3.05, 3.63) is 60.2 Å². The lowest BCUT2D eigenvalue weighted by atomic mass is 10.2. The van der Waals surface area contributed by atoms with Crippen LogP contribution in [0.1, 0.15) is 5.56 Å². The summed E-state index contributed by atoms with van der Waals surface area (Å²) in [7, 11) is 0. The van der Waals surface area contributed by atoms with E-state index in [1.807, 2.05) is 61.5 Å². The van der Waals surface area contributed by atoms with Crippen LogP contribution in [0.15, 0.2) is 54.6 Å². The van der Waals surface area contributed by atoms with Crippen molar-refractivity contribution in [2.24, 2.45) is 0 Å². The molecule has 0 atom stereocenters. The molecule has 4 nitrogen and oxygen atoms in total. The Kier molecular flexibility index (Phi) is 5.21. The molecule has 0 aliphatic rings. The van der Waals surface area contributed by atoms with Crippen LogP contribution in [-0.2, 0) is 4.79 Å². The Morgan fingerprint density at radius 2 is 1.76 bits per heavy atom. The summed E-state index contributed by atoms with van der Waals surface area (Å²) in [5.41, 5.74) is 2.04. The van der Waals surface area contributed by atoms with E-state index in [1.54, 1.807) is 4.90 Å². The van der Waals surface area contributed by atoms with Crippen molar-refractivity contribution in [3.63, 3.8) is 0 Å². The number of carboxylic acid groups (broad SMARTS) is 1. The molecule has 2 rings (SSSR count). The minimum absolute atomic E-state index is 0.0405. The van der Waals surface area contributed by atoms with E-state index in [2.05, 4.69) is 0 Å². The fourth-order valence-corrected chi connectivity index (χ4v) is 2.01. The van der Waals surface area contributed by atoms with E-state index in [0.29, 0.717) is 13.2 Å². The number of hydrogen-bond donors (Lipinski definition) is 1. The van der Waals surface area contributed by atoms with Crippen LogP contribution in [0.5, 0.6) is 5.75 Å². The minimum Gasteiger partial charge on any atom is -0.492 e. The van der Waals surface area contributed by atoms with Crippen molar-refractivity contribution < 1.29 is 14.6 Å². The molecule has 0 saturated carbocycles. The second kappa shape index (κ2) is 7.33. The summed E-state index contributed by atoms with van der Waals surface area (Å²) in [4.78, 5) is 12.8. The number of nitrogens with zero attached hydrogens (tertiary/aromatic N) is 1. The number of benzene rings is 2. The largest absolute Gasteiger partial charge is 0.492 e. The Bertz CT molecular complexity index is 566. The van der Waals surface area contributed by atoms with Crippen LogP contribution in [0.25, 0.3) is 0 Å². The first-order valence-electron chi connectivity index (χ1n) is 6.86. The Balaban J connectivity index is 1.96. The average Bonchev–Trinajstić information content (AvgIpc) is 2.48. The lowest BCUT2D eigenvalue weighted by Crippen LogP contribution is -2.33. The first-order valence-corrected chi connectivity index (χ1v) is 6.86. The quantitative estimate of drug-likeness (QED) is 0.849. The number of rotatable bonds is 7. The molecule has 110 valence electrons. The number of aliphatic carboxylic acids is 1. The molecular weight excluding hydrogens is 266 g/mol. The molecule has 0 bridgehead atoms. The molecule has 0 aliphatic heterocycles. The molecular formula is C17H19NO3. The maximum Gasteiger partial charge on any atom is 0.323 e. The van der Waals surface area contributed by atoms with E-state index in [9.17, 15) is 4.79 Å². The molecule has 0 aliphatic carbocycles. The highest BCUT2D eigenvalue weighted by atomic mass is 16.5.